The van der Waals surface area contributed by atoms with Crippen molar-refractivity contribution in [3.63, 3.8) is 0 Å². The highest BCUT2D eigenvalue weighted by Gasteiger charge is 2.26. The summed E-state index contributed by atoms with van der Waals surface area (Å²) in [4.78, 5) is 13.1. The zero-order valence-corrected chi connectivity index (χ0v) is 8.72. The fraction of sp³-hybridized carbons (Fsp3) is 0.889. The Balaban J connectivity index is 2.29. The Kier molecular flexibility index (Phi) is 4.36. The van der Waals surface area contributed by atoms with Crippen LogP contribution in [0.5, 0.6) is 0 Å². The molecule has 0 saturated heterocycles. The minimum absolute atomic E-state index is 0.0519. The second-order valence-electron chi connectivity index (χ2n) is 3.41. The molecule has 1 saturated carbocycles. The maximum atomic E-state index is 11.3. The van der Waals surface area contributed by atoms with Gasteiger partial charge in [-0.2, -0.15) is 0 Å². The highest BCUT2D eigenvalue weighted by atomic mass is 35.5. The van der Waals surface area contributed by atoms with Crippen LogP contribution in [0.15, 0.2) is 0 Å². The number of carbonyl (C=O) groups is 1. The van der Waals surface area contributed by atoms with Gasteiger partial charge in [-0.1, -0.05) is 18.5 Å². The average molecular weight is 206 g/mol. The smallest absolute Gasteiger partial charge is 0.410 e. The minimum Gasteiger partial charge on any atom is -0.433 e. The first kappa shape index (κ1) is 10.6. The molecule has 0 atom stereocenters. The van der Waals surface area contributed by atoms with Crippen LogP contribution in [0.2, 0.25) is 0 Å². The van der Waals surface area contributed by atoms with Crippen molar-refractivity contribution in [2.45, 2.75) is 26.2 Å². The van der Waals surface area contributed by atoms with Crippen LogP contribution in [0, 0.1) is 5.92 Å². The van der Waals surface area contributed by atoms with Crippen LogP contribution >= 0.6 is 11.6 Å². The van der Waals surface area contributed by atoms with E-state index in [1.54, 1.807) is 4.90 Å². The summed E-state index contributed by atoms with van der Waals surface area (Å²) in [6.45, 7) is 3.66. The Labute approximate surface area is 84.0 Å². The molecular weight excluding hydrogens is 190 g/mol. The van der Waals surface area contributed by atoms with Gasteiger partial charge in [0.25, 0.3) is 0 Å². The van der Waals surface area contributed by atoms with Gasteiger partial charge in [0.2, 0.25) is 0 Å². The third-order valence-corrected chi connectivity index (χ3v) is 2.21. The standard InChI is InChI=1S/C9H16ClNO2/c1-2-5-11(6-8-3-4-8)9(12)13-7-10/h8H,2-7H2,1H3. The van der Waals surface area contributed by atoms with E-state index in [4.69, 9.17) is 16.3 Å². The number of hydrogen-bond acceptors (Lipinski definition) is 2. The predicted molar refractivity (Wildman–Crippen MR) is 51.8 cm³/mol. The van der Waals surface area contributed by atoms with Gasteiger partial charge in [-0.15, -0.1) is 0 Å². The van der Waals surface area contributed by atoms with Gasteiger partial charge in [0.15, 0.2) is 6.07 Å². The largest absolute Gasteiger partial charge is 0.433 e. The summed E-state index contributed by atoms with van der Waals surface area (Å²) in [7, 11) is 0. The summed E-state index contributed by atoms with van der Waals surface area (Å²) in [5.41, 5.74) is 0. The Morgan fingerprint density at radius 3 is 2.77 bits per heavy atom. The number of nitrogens with zero attached hydrogens (tertiary/aromatic N) is 1. The van der Waals surface area contributed by atoms with Crippen molar-refractivity contribution < 1.29 is 9.53 Å². The fourth-order valence-electron chi connectivity index (χ4n) is 1.28. The number of rotatable bonds is 5. The van der Waals surface area contributed by atoms with Crippen molar-refractivity contribution in [2.24, 2.45) is 5.92 Å². The molecule has 0 spiro atoms. The minimum atomic E-state index is -0.274. The van der Waals surface area contributed by atoms with E-state index in [9.17, 15) is 4.79 Å². The molecule has 76 valence electrons. The topological polar surface area (TPSA) is 29.5 Å². The van der Waals surface area contributed by atoms with Crippen molar-refractivity contribution in [3.8, 4) is 0 Å². The van der Waals surface area contributed by atoms with Crippen LogP contribution in [-0.2, 0) is 4.74 Å². The quantitative estimate of drug-likeness (QED) is 0.646. The molecule has 0 heterocycles. The van der Waals surface area contributed by atoms with E-state index in [1.807, 2.05) is 6.92 Å². The molecule has 1 fully saturated rings. The molecule has 0 aliphatic heterocycles. The first-order chi connectivity index (χ1) is 6.27. The lowest BCUT2D eigenvalue weighted by molar-refractivity contribution is 0.116. The molecule has 0 radical (unpaired) electrons. The van der Waals surface area contributed by atoms with Crippen LogP contribution in [0.1, 0.15) is 26.2 Å². The lowest BCUT2D eigenvalue weighted by Gasteiger charge is -2.20. The third-order valence-electron chi connectivity index (χ3n) is 2.11. The SMILES string of the molecule is CCCN(CC1CC1)C(=O)OCCl. The van der Waals surface area contributed by atoms with Gasteiger partial charge in [0, 0.05) is 13.1 Å². The Morgan fingerprint density at radius 1 is 1.62 bits per heavy atom. The monoisotopic (exact) mass is 205 g/mol. The lowest BCUT2D eigenvalue weighted by atomic mass is 10.3. The number of ether oxygens (including phenoxy) is 1. The van der Waals surface area contributed by atoms with Gasteiger partial charge < -0.3 is 9.64 Å². The molecule has 0 aromatic carbocycles. The first-order valence-electron chi connectivity index (χ1n) is 4.75. The van der Waals surface area contributed by atoms with Gasteiger partial charge in [-0.25, -0.2) is 4.79 Å². The highest BCUT2D eigenvalue weighted by Crippen LogP contribution is 2.29. The molecule has 0 N–H and O–H groups in total. The van der Waals surface area contributed by atoms with Gasteiger partial charge in [-0.05, 0) is 25.2 Å². The average Bonchev–Trinajstić information content (AvgIpc) is 2.88. The van der Waals surface area contributed by atoms with Gasteiger partial charge in [0.05, 0.1) is 0 Å². The summed E-state index contributed by atoms with van der Waals surface area (Å²) in [5.74, 6) is 0.703. The van der Waals surface area contributed by atoms with Crippen molar-refractivity contribution in [2.75, 3.05) is 19.2 Å². The molecule has 1 aliphatic rings. The molecular formula is C9H16ClNO2. The zero-order valence-electron chi connectivity index (χ0n) is 7.96. The van der Waals surface area contributed by atoms with E-state index in [0.717, 1.165) is 19.5 Å². The van der Waals surface area contributed by atoms with Crippen LogP contribution < -0.4 is 0 Å². The van der Waals surface area contributed by atoms with E-state index in [1.165, 1.54) is 12.8 Å². The van der Waals surface area contributed by atoms with Gasteiger partial charge in [0.1, 0.15) is 0 Å². The summed E-state index contributed by atoms with van der Waals surface area (Å²) in [6, 6.07) is -0.0519. The van der Waals surface area contributed by atoms with E-state index in [0.29, 0.717) is 5.92 Å². The summed E-state index contributed by atoms with van der Waals surface area (Å²) in [5, 5.41) is 0. The molecule has 4 heteroatoms. The molecule has 0 unspecified atom stereocenters. The second-order valence-corrected chi connectivity index (χ2v) is 3.63. The van der Waals surface area contributed by atoms with Crippen LogP contribution in [0.4, 0.5) is 4.79 Å². The molecule has 3 nitrogen and oxygen atoms in total. The summed E-state index contributed by atoms with van der Waals surface area (Å²) in [6.07, 6.45) is 3.18. The van der Waals surface area contributed by atoms with Crippen molar-refractivity contribution in [1.29, 1.82) is 0 Å². The molecule has 0 bridgehead atoms. The van der Waals surface area contributed by atoms with Crippen molar-refractivity contribution in [3.05, 3.63) is 0 Å². The van der Waals surface area contributed by atoms with Gasteiger partial charge in [-0.3, -0.25) is 0 Å². The molecule has 0 aromatic heterocycles. The van der Waals surface area contributed by atoms with E-state index < -0.39 is 0 Å². The van der Waals surface area contributed by atoms with E-state index in [2.05, 4.69) is 0 Å². The number of halogens is 1. The lowest BCUT2D eigenvalue weighted by Crippen LogP contribution is -2.33. The number of carbonyl (C=O) groups excluding carboxylic acids is 1. The van der Waals surface area contributed by atoms with Crippen molar-refractivity contribution in [1.82, 2.24) is 4.90 Å². The normalized spacial score (nSPS) is 15.5. The van der Waals surface area contributed by atoms with Crippen molar-refractivity contribution >= 4 is 17.7 Å². The first-order valence-corrected chi connectivity index (χ1v) is 5.29. The van der Waals surface area contributed by atoms with Crippen LogP contribution in [0.25, 0.3) is 0 Å². The Bertz CT molecular complexity index is 171. The van der Waals surface area contributed by atoms with E-state index in [-0.39, 0.29) is 12.2 Å². The maximum Gasteiger partial charge on any atom is 0.410 e. The number of amides is 1. The molecule has 13 heavy (non-hydrogen) atoms. The van der Waals surface area contributed by atoms with Crippen LogP contribution in [-0.4, -0.2) is 30.1 Å². The molecule has 1 amide bonds. The van der Waals surface area contributed by atoms with Gasteiger partial charge >= 0.3 is 6.09 Å². The summed E-state index contributed by atoms with van der Waals surface area (Å²) < 4.78 is 4.74. The maximum absolute atomic E-state index is 11.3. The molecule has 1 aliphatic carbocycles. The fourth-order valence-corrected chi connectivity index (χ4v) is 1.37. The second kappa shape index (κ2) is 5.32. The number of alkyl halides is 1. The molecule has 1 rings (SSSR count). The summed E-state index contributed by atoms with van der Waals surface area (Å²) >= 11 is 5.32. The number of hydrogen-bond donors (Lipinski definition) is 0. The predicted octanol–water partition coefficient (Wildman–Crippen LogP) is 2.44. The van der Waals surface area contributed by atoms with E-state index >= 15 is 0 Å². The molecule has 0 aromatic rings. The zero-order chi connectivity index (χ0) is 9.68. The highest BCUT2D eigenvalue weighted by molar-refractivity contribution is 6.17. The Morgan fingerprint density at radius 2 is 2.31 bits per heavy atom. The Hall–Kier alpha value is -0.440. The van der Waals surface area contributed by atoms with Crippen LogP contribution in [0.3, 0.4) is 0 Å². The third kappa shape index (κ3) is 3.85.